The Balaban J connectivity index is 2.77. The third-order valence-corrected chi connectivity index (χ3v) is 1.07. The first kappa shape index (κ1) is 10.5. The lowest BCUT2D eigenvalue weighted by Gasteiger charge is -2.03. The van der Waals surface area contributed by atoms with Crippen molar-refractivity contribution < 1.29 is 9.47 Å². The summed E-state index contributed by atoms with van der Waals surface area (Å²) in [6.45, 7) is 4.19. The highest BCUT2D eigenvalue weighted by molar-refractivity contribution is 6.44. The van der Waals surface area contributed by atoms with Crippen LogP contribution in [0, 0.1) is 0 Å². The van der Waals surface area contributed by atoms with Crippen molar-refractivity contribution in [3.8, 4) is 0 Å². The van der Waals surface area contributed by atoms with Crippen LogP contribution in [0.5, 0.6) is 0 Å². The van der Waals surface area contributed by atoms with Gasteiger partial charge in [0.25, 0.3) is 0 Å². The van der Waals surface area contributed by atoms with Crippen molar-refractivity contribution in [2.24, 2.45) is 0 Å². The molecule has 0 heterocycles. The maximum Gasteiger partial charge on any atom is 0.131 e. The van der Waals surface area contributed by atoms with E-state index in [4.69, 9.17) is 32.7 Å². The summed E-state index contributed by atoms with van der Waals surface area (Å²) < 4.78 is 10.0. The first-order chi connectivity index (χ1) is 4.77. The fraction of sp³-hybridized carbons (Fsp3) is 1.00. The normalized spacial score (nSPS) is 10.8. The molecule has 0 atom stereocenters. The molecule has 0 aliphatic carbocycles. The van der Waals surface area contributed by atoms with Crippen LogP contribution in [-0.4, -0.2) is 31.3 Å². The van der Waals surface area contributed by atoms with Crippen molar-refractivity contribution in [1.29, 1.82) is 0 Å². The molecule has 4 heteroatoms. The van der Waals surface area contributed by atoms with Crippen molar-refractivity contribution in [3.05, 3.63) is 0 Å². The number of hydrogen-bond donors (Lipinski definition) is 0. The fourth-order valence-electron chi connectivity index (χ4n) is 0.435. The zero-order valence-corrected chi connectivity index (χ0v) is 7.49. The minimum absolute atomic E-state index is 0.371. The van der Waals surface area contributed by atoms with Crippen molar-refractivity contribution in [1.82, 2.24) is 0 Å². The monoisotopic (exact) mass is 186 g/mol. The van der Waals surface area contributed by atoms with Crippen molar-refractivity contribution >= 4 is 23.2 Å². The first-order valence-electron chi connectivity index (χ1n) is 3.21. The summed E-state index contributed by atoms with van der Waals surface area (Å²) in [4.78, 5) is -0.429. The number of hydrogen-bond acceptors (Lipinski definition) is 2. The van der Waals surface area contributed by atoms with Gasteiger partial charge in [-0.1, -0.05) is 0 Å². The quantitative estimate of drug-likeness (QED) is 0.466. The Kier molecular flexibility index (Phi) is 7.99. The van der Waals surface area contributed by atoms with Crippen LogP contribution in [0.3, 0.4) is 0 Å². The molecule has 0 saturated carbocycles. The molecule has 0 bridgehead atoms. The number of ether oxygens (including phenoxy) is 2. The Bertz CT molecular complexity index is 68.8. The van der Waals surface area contributed by atoms with Crippen LogP contribution in [0.25, 0.3) is 0 Å². The molecule has 0 rings (SSSR count). The van der Waals surface area contributed by atoms with E-state index >= 15 is 0 Å². The SMILES string of the molecule is CCOCCOCC(Cl)Cl. The maximum absolute atomic E-state index is 5.39. The van der Waals surface area contributed by atoms with E-state index in [0.29, 0.717) is 26.4 Å². The second kappa shape index (κ2) is 7.61. The molecular weight excluding hydrogens is 175 g/mol. The fourth-order valence-corrected chi connectivity index (χ4v) is 0.613. The van der Waals surface area contributed by atoms with Crippen molar-refractivity contribution in [2.45, 2.75) is 11.8 Å². The van der Waals surface area contributed by atoms with Gasteiger partial charge in [-0.05, 0) is 6.92 Å². The van der Waals surface area contributed by atoms with Gasteiger partial charge in [0.2, 0.25) is 0 Å². The highest BCUT2D eigenvalue weighted by Crippen LogP contribution is 2.00. The van der Waals surface area contributed by atoms with Crippen LogP contribution < -0.4 is 0 Å². The van der Waals surface area contributed by atoms with Crippen LogP contribution in [0.15, 0.2) is 0 Å². The molecule has 10 heavy (non-hydrogen) atoms. The van der Waals surface area contributed by atoms with Crippen molar-refractivity contribution in [2.75, 3.05) is 26.4 Å². The van der Waals surface area contributed by atoms with Gasteiger partial charge in [-0.15, -0.1) is 23.2 Å². The molecule has 62 valence electrons. The van der Waals surface area contributed by atoms with Gasteiger partial charge in [0.1, 0.15) is 4.84 Å². The molecule has 0 unspecified atom stereocenters. The lowest BCUT2D eigenvalue weighted by molar-refractivity contribution is 0.0571. The van der Waals surface area contributed by atoms with Gasteiger partial charge in [-0.3, -0.25) is 0 Å². The molecule has 0 aromatic heterocycles. The average Bonchev–Trinajstić information content (AvgIpc) is 1.87. The lowest BCUT2D eigenvalue weighted by atomic mass is 10.7. The van der Waals surface area contributed by atoms with Gasteiger partial charge in [-0.2, -0.15) is 0 Å². The highest BCUT2D eigenvalue weighted by atomic mass is 35.5. The smallest absolute Gasteiger partial charge is 0.131 e. The van der Waals surface area contributed by atoms with Crippen LogP contribution in [0.4, 0.5) is 0 Å². The molecule has 0 radical (unpaired) electrons. The molecule has 0 spiro atoms. The molecule has 0 saturated heterocycles. The van der Waals surface area contributed by atoms with Crippen LogP contribution in [0.2, 0.25) is 0 Å². The standard InChI is InChI=1S/C6H12Cl2O2/c1-2-9-3-4-10-5-6(7)8/h6H,2-5H2,1H3. The Hall–Kier alpha value is 0.500. The predicted molar refractivity (Wildman–Crippen MR) is 42.8 cm³/mol. The first-order valence-corrected chi connectivity index (χ1v) is 4.08. The van der Waals surface area contributed by atoms with Gasteiger partial charge < -0.3 is 9.47 Å². The summed E-state index contributed by atoms with van der Waals surface area (Å²) >= 11 is 10.8. The molecule has 0 aromatic carbocycles. The molecule has 2 nitrogen and oxygen atoms in total. The average molecular weight is 187 g/mol. The van der Waals surface area contributed by atoms with E-state index in [0.717, 1.165) is 0 Å². The predicted octanol–water partition coefficient (Wildman–Crippen LogP) is 1.84. The second-order valence-corrected chi connectivity index (χ2v) is 2.94. The van der Waals surface area contributed by atoms with Crippen LogP contribution >= 0.6 is 23.2 Å². The lowest BCUT2D eigenvalue weighted by Crippen LogP contribution is -2.08. The van der Waals surface area contributed by atoms with E-state index in [9.17, 15) is 0 Å². The summed E-state index contributed by atoms with van der Waals surface area (Å²) in [7, 11) is 0. The summed E-state index contributed by atoms with van der Waals surface area (Å²) in [6, 6.07) is 0. The summed E-state index contributed by atoms with van der Waals surface area (Å²) in [5, 5.41) is 0. The zero-order chi connectivity index (χ0) is 7.82. The Morgan fingerprint density at radius 2 is 1.80 bits per heavy atom. The highest BCUT2D eigenvalue weighted by Gasteiger charge is 1.96. The van der Waals surface area contributed by atoms with E-state index in [1.54, 1.807) is 0 Å². The zero-order valence-electron chi connectivity index (χ0n) is 5.98. The third kappa shape index (κ3) is 8.50. The Morgan fingerprint density at radius 3 is 2.30 bits per heavy atom. The molecule has 0 amide bonds. The summed E-state index contributed by atoms with van der Waals surface area (Å²) in [5.74, 6) is 0. The Morgan fingerprint density at radius 1 is 1.20 bits per heavy atom. The van der Waals surface area contributed by atoms with E-state index in [-0.39, 0.29) is 0 Å². The van der Waals surface area contributed by atoms with Gasteiger partial charge >= 0.3 is 0 Å². The molecular formula is C6H12Cl2O2. The second-order valence-electron chi connectivity index (χ2n) is 1.66. The van der Waals surface area contributed by atoms with Crippen molar-refractivity contribution in [3.63, 3.8) is 0 Å². The number of rotatable bonds is 6. The van der Waals surface area contributed by atoms with Crippen LogP contribution in [0.1, 0.15) is 6.92 Å². The van der Waals surface area contributed by atoms with E-state index in [1.807, 2.05) is 6.92 Å². The van der Waals surface area contributed by atoms with Crippen LogP contribution in [-0.2, 0) is 9.47 Å². The molecule has 0 aliphatic rings. The topological polar surface area (TPSA) is 18.5 Å². The minimum atomic E-state index is -0.429. The summed E-state index contributed by atoms with van der Waals surface area (Å²) in [5.41, 5.74) is 0. The minimum Gasteiger partial charge on any atom is -0.379 e. The van der Waals surface area contributed by atoms with Gasteiger partial charge in [0.15, 0.2) is 0 Å². The number of alkyl halides is 2. The van der Waals surface area contributed by atoms with Gasteiger partial charge in [0.05, 0.1) is 19.8 Å². The molecule has 0 N–H and O–H groups in total. The molecule has 0 aliphatic heterocycles. The van der Waals surface area contributed by atoms with E-state index < -0.39 is 4.84 Å². The molecule has 0 fully saturated rings. The Labute approximate surface area is 71.4 Å². The van der Waals surface area contributed by atoms with E-state index in [2.05, 4.69) is 0 Å². The van der Waals surface area contributed by atoms with E-state index in [1.165, 1.54) is 0 Å². The largest absolute Gasteiger partial charge is 0.379 e. The maximum atomic E-state index is 5.39. The molecule has 0 aromatic rings. The summed E-state index contributed by atoms with van der Waals surface area (Å²) in [6.07, 6.45) is 0. The van der Waals surface area contributed by atoms with Gasteiger partial charge in [-0.25, -0.2) is 0 Å². The third-order valence-electron chi connectivity index (χ3n) is 0.820. The van der Waals surface area contributed by atoms with Gasteiger partial charge in [0, 0.05) is 6.61 Å². The number of halogens is 2.